The molecule has 1 N–H and O–H groups in total. The lowest BCUT2D eigenvalue weighted by molar-refractivity contribution is -0.151. The van der Waals surface area contributed by atoms with E-state index in [2.05, 4.69) is 0 Å². The number of morpholine rings is 1. The van der Waals surface area contributed by atoms with Gasteiger partial charge in [-0.05, 0) is 13.0 Å². The maximum atomic E-state index is 14.2. The highest BCUT2D eigenvalue weighted by molar-refractivity contribution is 5.87. The quantitative estimate of drug-likeness (QED) is 0.879. The van der Waals surface area contributed by atoms with Gasteiger partial charge in [0.05, 0.1) is 13.2 Å². The minimum atomic E-state index is -1.10. The Balaban J connectivity index is 2.35. The number of halogens is 1. The third-order valence-corrected chi connectivity index (χ3v) is 4.13. The number of benzene rings is 1. The molecule has 1 saturated heterocycles. The van der Waals surface area contributed by atoms with E-state index in [0.717, 1.165) is 4.90 Å². The summed E-state index contributed by atoms with van der Waals surface area (Å²) >= 11 is 0. The van der Waals surface area contributed by atoms with Crippen LogP contribution in [0.4, 0.5) is 4.39 Å². The Morgan fingerprint density at radius 3 is 2.48 bits per heavy atom. The molecule has 2 atom stereocenters. The highest BCUT2D eigenvalue weighted by Crippen LogP contribution is 2.26. The molecule has 0 aromatic heterocycles. The topological polar surface area (TPSA) is 70.1 Å². The third kappa shape index (κ3) is 3.86. The van der Waals surface area contributed by atoms with Crippen molar-refractivity contribution < 1.29 is 23.8 Å². The Labute approximate surface area is 134 Å². The van der Waals surface area contributed by atoms with Crippen molar-refractivity contribution in [1.82, 2.24) is 9.80 Å². The van der Waals surface area contributed by atoms with Gasteiger partial charge in [0.15, 0.2) is 0 Å². The van der Waals surface area contributed by atoms with Crippen LogP contribution in [0.15, 0.2) is 24.3 Å². The normalized spacial score (nSPS) is 18.2. The molecule has 1 fully saturated rings. The first-order chi connectivity index (χ1) is 10.9. The first-order valence-corrected chi connectivity index (χ1v) is 7.49. The number of carbonyl (C=O) groups excluding carboxylic acids is 1. The molecule has 0 bridgehead atoms. The Morgan fingerprint density at radius 1 is 1.30 bits per heavy atom. The summed E-state index contributed by atoms with van der Waals surface area (Å²) < 4.78 is 19.5. The van der Waals surface area contributed by atoms with E-state index in [1.54, 1.807) is 18.2 Å². The number of carboxylic acid groups (broad SMARTS) is 1. The summed E-state index contributed by atoms with van der Waals surface area (Å²) in [5, 5.41) is 9.12. The van der Waals surface area contributed by atoms with Gasteiger partial charge >= 0.3 is 5.97 Å². The van der Waals surface area contributed by atoms with E-state index in [-0.39, 0.29) is 5.56 Å². The van der Waals surface area contributed by atoms with Gasteiger partial charge in [0.25, 0.3) is 0 Å². The smallest absolute Gasteiger partial charge is 0.326 e. The number of ether oxygens (including phenoxy) is 1. The van der Waals surface area contributed by atoms with Crippen LogP contribution in [0.25, 0.3) is 0 Å². The summed E-state index contributed by atoms with van der Waals surface area (Å²) in [4.78, 5) is 27.0. The Bertz CT molecular complexity index is 575. The minimum absolute atomic E-state index is 0.254. The number of amides is 1. The van der Waals surface area contributed by atoms with Crippen LogP contribution in [-0.2, 0) is 14.3 Å². The second-order valence-corrected chi connectivity index (χ2v) is 5.54. The number of aliphatic carboxylic acids is 1. The zero-order valence-corrected chi connectivity index (χ0v) is 13.2. The molecule has 1 aromatic carbocycles. The Morgan fingerprint density at radius 2 is 1.91 bits per heavy atom. The predicted octanol–water partition coefficient (Wildman–Crippen LogP) is 1.13. The van der Waals surface area contributed by atoms with Gasteiger partial charge in [0, 0.05) is 25.7 Å². The van der Waals surface area contributed by atoms with Crippen molar-refractivity contribution in [2.24, 2.45) is 0 Å². The van der Waals surface area contributed by atoms with Gasteiger partial charge in [0.2, 0.25) is 5.91 Å². The van der Waals surface area contributed by atoms with Crippen molar-refractivity contribution in [3.05, 3.63) is 35.6 Å². The molecule has 2 rings (SSSR count). The van der Waals surface area contributed by atoms with Gasteiger partial charge in [0.1, 0.15) is 17.9 Å². The number of carboxylic acids is 1. The van der Waals surface area contributed by atoms with Gasteiger partial charge in [-0.2, -0.15) is 0 Å². The number of likely N-dealkylation sites (N-methyl/N-ethyl adjacent to an activating group) is 1. The monoisotopic (exact) mass is 324 g/mol. The maximum absolute atomic E-state index is 14.2. The molecule has 1 amide bonds. The molecule has 0 aliphatic carbocycles. The van der Waals surface area contributed by atoms with E-state index in [1.807, 2.05) is 4.90 Å². The summed E-state index contributed by atoms with van der Waals surface area (Å²) in [5.41, 5.74) is 0.254. The standard InChI is InChI=1S/C16H21FN2O4/c1-11(16(21)22)18(2)15(20)14(19-7-9-23-10-8-19)12-5-3-4-6-13(12)17/h3-6,11,14H,7-10H2,1-2H3,(H,21,22)/t11-,14-/m0/s1. The summed E-state index contributed by atoms with van der Waals surface area (Å²) in [6.45, 7) is 3.31. The molecular weight excluding hydrogens is 303 g/mol. The molecule has 0 unspecified atom stereocenters. The second-order valence-electron chi connectivity index (χ2n) is 5.54. The first-order valence-electron chi connectivity index (χ1n) is 7.49. The van der Waals surface area contributed by atoms with E-state index in [1.165, 1.54) is 20.0 Å². The molecule has 7 heteroatoms. The van der Waals surface area contributed by atoms with Gasteiger partial charge in [-0.15, -0.1) is 0 Å². The van der Waals surface area contributed by atoms with E-state index < -0.39 is 29.8 Å². The van der Waals surface area contributed by atoms with Crippen LogP contribution >= 0.6 is 0 Å². The van der Waals surface area contributed by atoms with Gasteiger partial charge < -0.3 is 14.7 Å². The number of rotatable bonds is 5. The highest BCUT2D eigenvalue weighted by atomic mass is 19.1. The maximum Gasteiger partial charge on any atom is 0.326 e. The molecule has 1 aliphatic rings. The Hall–Kier alpha value is -1.99. The van der Waals surface area contributed by atoms with Crippen molar-refractivity contribution in [1.29, 1.82) is 0 Å². The molecule has 0 saturated carbocycles. The van der Waals surface area contributed by atoms with Crippen LogP contribution < -0.4 is 0 Å². The molecule has 0 radical (unpaired) electrons. The molecule has 6 nitrogen and oxygen atoms in total. The molecule has 126 valence electrons. The fourth-order valence-corrected chi connectivity index (χ4v) is 2.57. The van der Waals surface area contributed by atoms with E-state index in [9.17, 15) is 14.0 Å². The SMILES string of the molecule is C[C@@H](C(=O)O)N(C)C(=O)[C@H](c1ccccc1F)N1CCOCC1. The minimum Gasteiger partial charge on any atom is -0.480 e. The van der Waals surface area contributed by atoms with E-state index in [0.29, 0.717) is 26.3 Å². The average molecular weight is 324 g/mol. The second kappa shape index (κ2) is 7.52. The third-order valence-electron chi connectivity index (χ3n) is 4.13. The zero-order valence-electron chi connectivity index (χ0n) is 13.2. The van der Waals surface area contributed by atoms with Crippen LogP contribution in [0.1, 0.15) is 18.5 Å². The van der Waals surface area contributed by atoms with Crippen molar-refractivity contribution in [2.75, 3.05) is 33.4 Å². The summed E-state index contributed by atoms with van der Waals surface area (Å²) in [7, 11) is 1.43. The van der Waals surface area contributed by atoms with E-state index >= 15 is 0 Å². The van der Waals surface area contributed by atoms with Gasteiger partial charge in [-0.25, -0.2) is 9.18 Å². The summed E-state index contributed by atoms with van der Waals surface area (Å²) in [5.74, 6) is -2.02. The van der Waals surface area contributed by atoms with Crippen molar-refractivity contribution >= 4 is 11.9 Å². The summed E-state index contributed by atoms with van der Waals surface area (Å²) in [6.07, 6.45) is 0. The Kier molecular flexibility index (Phi) is 5.68. The number of nitrogens with zero attached hydrogens (tertiary/aromatic N) is 2. The lowest BCUT2D eigenvalue weighted by Gasteiger charge is -2.36. The molecule has 1 heterocycles. The highest BCUT2D eigenvalue weighted by Gasteiger charge is 2.35. The van der Waals surface area contributed by atoms with Gasteiger partial charge in [-0.3, -0.25) is 9.69 Å². The largest absolute Gasteiger partial charge is 0.480 e. The molecule has 23 heavy (non-hydrogen) atoms. The number of hydrogen-bond acceptors (Lipinski definition) is 4. The van der Waals surface area contributed by atoms with Crippen molar-refractivity contribution in [2.45, 2.75) is 19.0 Å². The molecule has 0 spiro atoms. The molecule has 1 aromatic rings. The molecular formula is C16H21FN2O4. The number of carbonyl (C=O) groups is 2. The zero-order chi connectivity index (χ0) is 17.0. The van der Waals surface area contributed by atoms with Gasteiger partial charge in [-0.1, -0.05) is 18.2 Å². The van der Waals surface area contributed by atoms with Crippen LogP contribution in [-0.4, -0.2) is 66.2 Å². The number of hydrogen-bond donors (Lipinski definition) is 1. The van der Waals surface area contributed by atoms with Crippen LogP contribution in [0.3, 0.4) is 0 Å². The molecule has 1 aliphatic heterocycles. The van der Waals surface area contributed by atoms with Crippen molar-refractivity contribution in [3.63, 3.8) is 0 Å². The van der Waals surface area contributed by atoms with Crippen molar-refractivity contribution in [3.8, 4) is 0 Å². The van der Waals surface area contributed by atoms with Crippen LogP contribution in [0, 0.1) is 5.82 Å². The van der Waals surface area contributed by atoms with Crippen LogP contribution in [0.5, 0.6) is 0 Å². The lowest BCUT2D eigenvalue weighted by Crippen LogP contribution is -2.50. The summed E-state index contributed by atoms with van der Waals surface area (Å²) in [6, 6.07) is 4.25. The predicted molar refractivity (Wildman–Crippen MR) is 81.4 cm³/mol. The lowest BCUT2D eigenvalue weighted by atomic mass is 10.0. The fraction of sp³-hybridized carbons (Fsp3) is 0.500. The fourth-order valence-electron chi connectivity index (χ4n) is 2.57. The van der Waals surface area contributed by atoms with E-state index in [4.69, 9.17) is 9.84 Å². The van der Waals surface area contributed by atoms with Crippen LogP contribution in [0.2, 0.25) is 0 Å². The first kappa shape index (κ1) is 17.4. The average Bonchev–Trinajstić information content (AvgIpc) is 2.56.